The molecule has 0 aliphatic carbocycles. The van der Waals surface area contributed by atoms with E-state index in [1.54, 1.807) is 11.0 Å². The van der Waals surface area contributed by atoms with Gasteiger partial charge in [0, 0.05) is 32.4 Å². The summed E-state index contributed by atoms with van der Waals surface area (Å²) in [5.74, 6) is 1.16. The van der Waals surface area contributed by atoms with Gasteiger partial charge in [0.25, 0.3) is 0 Å². The van der Waals surface area contributed by atoms with Crippen LogP contribution in [0.25, 0.3) is 0 Å². The van der Waals surface area contributed by atoms with Gasteiger partial charge in [0.15, 0.2) is 12.2 Å². The Labute approximate surface area is 201 Å². The van der Waals surface area contributed by atoms with Crippen LogP contribution in [0.1, 0.15) is 47.3 Å². The standard InChI is InChI=1S/C24H25ClFN5O3/c25-18-2-1-16(10-19(18)26)23(21-12-27-14-34-21)30-24(32)31-6-3-17-11-28-22(29-20(17)13-31)9-15-4-7-33-8-5-15/h1-2,10-12,14-15,23H,3-9,13H2,(H,30,32)/t23-/m1/s1. The molecule has 2 aliphatic heterocycles. The Bertz CT molecular complexity index is 1150. The van der Waals surface area contributed by atoms with E-state index in [0.29, 0.717) is 36.8 Å². The maximum Gasteiger partial charge on any atom is 0.318 e. The predicted molar refractivity (Wildman–Crippen MR) is 122 cm³/mol. The third-order valence-electron chi connectivity index (χ3n) is 6.38. The number of urea groups is 1. The fourth-order valence-electron chi connectivity index (χ4n) is 4.42. The number of ether oxygens (including phenoxy) is 1. The molecule has 2 aliphatic rings. The maximum atomic E-state index is 14.1. The van der Waals surface area contributed by atoms with Crippen molar-refractivity contribution in [2.24, 2.45) is 5.92 Å². The number of aromatic nitrogens is 3. The molecule has 0 saturated carbocycles. The predicted octanol–water partition coefficient (Wildman–Crippen LogP) is 4.08. The average molecular weight is 486 g/mol. The van der Waals surface area contributed by atoms with Crippen LogP contribution >= 0.6 is 11.6 Å². The van der Waals surface area contributed by atoms with Crippen molar-refractivity contribution in [3.05, 3.63) is 76.2 Å². The summed E-state index contributed by atoms with van der Waals surface area (Å²) in [7, 11) is 0. The largest absolute Gasteiger partial charge is 0.446 e. The minimum Gasteiger partial charge on any atom is -0.446 e. The summed E-state index contributed by atoms with van der Waals surface area (Å²) in [5.41, 5.74) is 2.43. The first-order chi connectivity index (χ1) is 16.6. The Morgan fingerprint density at radius 1 is 1.29 bits per heavy atom. The first-order valence-corrected chi connectivity index (χ1v) is 11.7. The Morgan fingerprint density at radius 2 is 2.15 bits per heavy atom. The maximum absolute atomic E-state index is 14.1. The highest BCUT2D eigenvalue weighted by Gasteiger charge is 2.27. The second-order valence-electron chi connectivity index (χ2n) is 8.65. The van der Waals surface area contributed by atoms with Gasteiger partial charge >= 0.3 is 6.03 Å². The molecule has 178 valence electrons. The van der Waals surface area contributed by atoms with Gasteiger partial charge in [-0.05, 0) is 48.4 Å². The van der Waals surface area contributed by atoms with Gasteiger partial charge in [-0.2, -0.15) is 0 Å². The lowest BCUT2D eigenvalue weighted by Crippen LogP contribution is -2.44. The van der Waals surface area contributed by atoms with Crippen LogP contribution in [0.5, 0.6) is 0 Å². The molecule has 0 unspecified atom stereocenters. The zero-order chi connectivity index (χ0) is 23.5. The monoisotopic (exact) mass is 485 g/mol. The SMILES string of the molecule is O=C(N[C@H](c1ccc(Cl)c(F)c1)c1cnco1)N1CCc2cnc(CC3CCOCC3)nc2C1. The number of fused-ring (bicyclic) bond motifs is 1. The molecule has 1 saturated heterocycles. The van der Waals surface area contributed by atoms with Crippen LogP contribution in [-0.2, 0) is 24.1 Å². The highest BCUT2D eigenvalue weighted by molar-refractivity contribution is 6.30. The van der Waals surface area contributed by atoms with Crippen molar-refractivity contribution in [3.8, 4) is 0 Å². The molecule has 0 radical (unpaired) electrons. The lowest BCUT2D eigenvalue weighted by atomic mass is 9.96. The number of carbonyl (C=O) groups excluding carboxylic acids is 1. The molecule has 3 aromatic rings. The van der Waals surface area contributed by atoms with Crippen molar-refractivity contribution in [2.45, 2.75) is 38.3 Å². The van der Waals surface area contributed by atoms with Crippen LogP contribution in [0.3, 0.4) is 0 Å². The second kappa shape index (κ2) is 10.1. The van der Waals surface area contributed by atoms with Gasteiger partial charge in [0.05, 0.1) is 23.5 Å². The van der Waals surface area contributed by atoms with Crippen LogP contribution in [0.4, 0.5) is 9.18 Å². The summed E-state index contributed by atoms with van der Waals surface area (Å²) in [4.78, 5) is 28.2. The Kier molecular flexibility index (Phi) is 6.73. The van der Waals surface area contributed by atoms with Gasteiger partial charge in [0.2, 0.25) is 0 Å². The molecule has 2 aromatic heterocycles. The highest BCUT2D eigenvalue weighted by atomic mass is 35.5. The molecule has 1 fully saturated rings. The number of halogens is 2. The van der Waals surface area contributed by atoms with Crippen LogP contribution in [0.15, 0.2) is 41.4 Å². The molecule has 0 bridgehead atoms. The third-order valence-corrected chi connectivity index (χ3v) is 6.68. The molecule has 5 rings (SSSR count). The van der Waals surface area contributed by atoms with Gasteiger partial charge in [-0.15, -0.1) is 0 Å². The van der Waals surface area contributed by atoms with Gasteiger partial charge < -0.3 is 19.4 Å². The number of oxazole rings is 1. The van der Waals surface area contributed by atoms with E-state index in [2.05, 4.69) is 15.3 Å². The number of nitrogens with one attached hydrogen (secondary N) is 1. The number of nitrogens with zero attached hydrogens (tertiary/aromatic N) is 4. The number of hydrogen-bond donors (Lipinski definition) is 1. The van der Waals surface area contributed by atoms with E-state index in [-0.39, 0.29) is 11.1 Å². The lowest BCUT2D eigenvalue weighted by molar-refractivity contribution is 0.0659. The van der Waals surface area contributed by atoms with Crippen LogP contribution in [0, 0.1) is 11.7 Å². The number of carbonyl (C=O) groups is 1. The van der Waals surface area contributed by atoms with E-state index >= 15 is 0 Å². The van der Waals surface area contributed by atoms with Crippen molar-refractivity contribution >= 4 is 17.6 Å². The lowest BCUT2D eigenvalue weighted by Gasteiger charge is -2.30. The molecule has 1 N–H and O–H groups in total. The minimum atomic E-state index is -0.711. The van der Waals surface area contributed by atoms with E-state index in [4.69, 9.17) is 25.7 Å². The fraction of sp³-hybridized carbons (Fsp3) is 0.417. The van der Waals surface area contributed by atoms with Crippen molar-refractivity contribution in [1.82, 2.24) is 25.2 Å². The Morgan fingerprint density at radius 3 is 2.91 bits per heavy atom. The molecule has 4 heterocycles. The second-order valence-corrected chi connectivity index (χ2v) is 9.06. The highest BCUT2D eigenvalue weighted by Crippen LogP contribution is 2.27. The Hall–Kier alpha value is -3.04. The van der Waals surface area contributed by atoms with Gasteiger partial charge in [-0.1, -0.05) is 17.7 Å². The minimum absolute atomic E-state index is 0.00951. The first kappa shape index (κ1) is 22.7. The quantitative estimate of drug-likeness (QED) is 0.585. The molecular formula is C24H25ClFN5O3. The molecule has 8 nitrogen and oxygen atoms in total. The first-order valence-electron chi connectivity index (χ1n) is 11.4. The molecule has 2 amide bonds. The van der Waals surface area contributed by atoms with Gasteiger partial charge in [-0.3, -0.25) is 0 Å². The van der Waals surface area contributed by atoms with Crippen molar-refractivity contribution in [1.29, 1.82) is 0 Å². The van der Waals surface area contributed by atoms with E-state index in [0.717, 1.165) is 49.6 Å². The number of amides is 2. The third kappa shape index (κ3) is 5.05. The van der Waals surface area contributed by atoms with E-state index in [9.17, 15) is 9.18 Å². The summed E-state index contributed by atoms with van der Waals surface area (Å²) < 4.78 is 25.0. The summed E-state index contributed by atoms with van der Waals surface area (Å²) in [6.07, 6.45) is 8.18. The molecule has 10 heteroatoms. The van der Waals surface area contributed by atoms with E-state index < -0.39 is 11.9 Å². The molecule has 1 aromatic carbocycles. The zero-order valence-electron chi connectivity index (χ0n) is 18.5. The topological polar surface area (TPSA) is 93.4 Å². The Balaban J connectivity index is 1.30. The van der Waals surface area contributed by atoms with Crippen LogP contribution < -0.4 is 5.32 Å². The van der Waals surface area contributed by atoms with Crippen molar-refractivity contribution in [2.75, 3.05) is 19.8 Å². The van der Waals surface area contributed by atoms with E-state index in [1.165, 1.54) is 24.7 Å². The number of benzene rings is 1. The fourth-order valence-corrected chi connectivity index (χ4v) is 4.54. The number of hydrogen-bond acceptors (Lipinski definition) is 6. The van der Waals surface area contributed by atoms with Crippen molar-refractivity contribution < 1.29 is 18.3 Å². The van der Waals surface area contributed by atoms with Gasteiger partial charge in [-0.25, -0.2) is 24.1 Å². The van der Waals surface area contributed by atoms with Crippen molar-refractivity contribution in [3.63, 3.8) is 0 Å². The van der Waals surface area contributed by atoms with E-state index in [1.807, 2.05) is 6.20 Å². The molecule has 0 spiro atoms. The summed E-state index contributed by atoms with van der Waals surface area (Å²) in [6, 6.07) is 3.39. The van der Waals surface area contributed by atoms with Crippen LogP contribution in [-0.4, -0.2) is 45.6 Å². The summed E-state index contributed by atoms with van der Waals surface area (Å²) in [5, 5.41) is 2.96. The average Bonchev–Trinajstić information content (AvgIpc) is 3.39. The number of rotatable bonds is 5. The molecular weight excluding hydrogens is 461 g/mol. The molecule has 1 atom stereocenters. The molecule has 34 heavy (non-hydrogen) atoms. The zero-order valence-corrected chi connectivity index (χ0v) is 19.3. The van der Waals surface area contributed by atoms with Crippen LogP contribution in [0.2, 0.25) is 5.02 Å². The summed E-state index contributed by atoms with van der Waals surface area (Å²) in [6.45, 7) is 2.48. The normalized spacial score (nSPS) is 17.3. The smallest absolute Gasteiger partial charge is 0.318 e. The summed E-state index contributed by atoms with van der Waals surface area (Å²) >= 11 is 5.84. The van der Waals surface area contributed by atoms with Gasteiger partial charge in [0.1, 0.15) is 17.7 Å².